The van der Waals surface area contributed by atoms with Gasteiger partial charge in [-0.25, -0.2) is 9.97 Å². The molecule has 5 heteroatoms. The van der Waals surface area contributed by atoms with Crippen LogP contribution in [0.1, 0.15) is 49.2 Å². The minimum Gasteiger partial charge on any atom is -0.335 e. The first-order chi connectivity index (χ1) is 9.04. The number of rotatable bonds is 3. The van der Waals surface area contributed by atoms with E-state index in [1.165, 1.54) is 6.33 Å². The standard InChI is InChI=1S/C14H22N4O/c1-9(2)13-12(6-16-8-17-13)14(19)18-7-11(5-15)4-10(18)3/h6,8-11H,4-5,7,15H2,1-3H3. The molecule has 0 bridgehead atoms. The number of hydrogen-bond donors (Lipinski definition) is 1. The van der Waals surface area contributed by atoms with Crippen molar-refractivity contribution >= 4 is 5.91 Å². The van der Waals surface area contributed by atoms with Gasteiger partial charge in [0.2, 0.25) is 0 Å². The van der Waals surface area contributed by atoms with E-state index in [9.17, 15) is 4.79 Å². The number of aromatic nitrogens is 2. The van der Waals surface area contributed by atoms with E-state index in [0.717, 1.165) is 18.7 Å². The van der Waals surface area contributed by atoms with Crippen molar-refractivity contribution in [2.24, 2.45) is 11.7 Å². The number of nitrogens with zero attached hydrogens (tertiary/aromatic N) is 3. The third-order valence-corrected chi connectivity index (χ3v) is 3.78. The minimum atomic E-state index is 0.0350. The highest BCUT2D eigenvalue weighted by Gasteiger charge is 2.33. The Bertz CT molecular complexity index is 461. The number of carbonyl (C=O) groups excluding carboxylic acids is 1. The molecule has 1 fully saturated rings. The molecular weight excluding hydrogens is 240 g/mol. The summed E-state index contributed by atoms with van der Waals surface area (Å²) in [5, 5.41) is 0. The topological polar surface area (TPSA) is 72.1 Å². The van der Waals surface area contributed by atoms with Crippen LogP contribution in [0.5, 0.6) is 0 Å². The lowest BCUT2D eigenvalue weighted by Gasteiger charge is -2.23. The third kappa shape index (κ3) is 2.76. The Morgan fingerprint density at radius 1 is 1.58 bits per heavy atom. The molecule has 1 aromatic heterocycles. The molecule has 1 aliphatic heterocycles. The predicted molar refractivity (Wildman–Crippen MR) is 73.8 cm³/mol. The Hall–Kier alpha value is -1.49. The lowest BCUT2D eigenvalue weighted by Crippen LogP contribution is -2.35. The van der Waals surface area contributed by atoms with Gasteiger partial charge in [-0.3, -0.25) is 4.79 Å². The van der Waals surface area contributed by atoms with Gasteiger partial charge in [-0.1, -0.05) is 13.8 Å². The second-order valence-corrected chi connectivity index (χ2v) is 5.62. The molecule has 0 spiro atoms. The van der Waals surface area contributed by atoms with Crippen LogP contribution < -0.4 is 5.73 Å². The van der Waals surface area contributed by atoms with Crippen LogP contribution in [0.3, 0.4) is 0 Å². The van der Waals surface area contributed by atoms with E-state index in [-0.39, 0.29) is 17.9 Å². The number of nitrogens with two attached hydrogens (primary N) is 1. The van der Waals surface area contributed by atoms with E-state index in [2.05, 4.69) is 16.9 Å². The Balaban J connectivity index is 2.25. The van der Waals surface area contributed by atoms with Crippen molar-refractivity contribution < 1.29 is 4.79 Å². The molecule has 0 aliphatic carbocycles. The average Bonchev–Trinajstić information content (AvgIpc) is 2.79. The fourth-order valence-electron chi connectivity index (χ4n) is 2.71. The summed E-state index contributed by atoms with van der Waals surface area (Å²) < 4.78 is 0. The fraction of sp³-hybridized carbons (Fsp3) is 0.643. The summed E-state index contributed by atoms with van der Waals surface area (Å²) in [4.78, 5) is 22.8. The summed E-state index contributed by atoms with van der Waals surface area (Å²) in [6, 6.07) is 0.237. The molecule has 0 aromatic carbocycles. The van der Waals surface area contributed by atoms with E-state index in [1.807, 2.05) is 18.7 Å². The number of amides is 1. The maximum absolute atomic E-state index is 12.6. The van der Waals surface area contributed by atoms with Crippen LogP contribution in [0.25, 0.3) is 0 Å². The smallest absolute Gasteiger partial charge is 0.257 e. The van der Waals surface area contributed by atoms with Gasteiger partial charge in [0.15, 0.2) is 0 Å². The fourth-order valence-corrected chi connectivity index (χ4v) is 2.71. The van der Waals surface area contributed by atoms with Crippen LogP contribution in [0, 0.1) is 5.92 Å². The minimum absolute atomic E-state index is 0.0350. The number of likely N-dealkylation sites (tertiary alicyclic amines) is 1. The summed E-state index contributed by atoms with van der Waals surface area (Å²) in [6.07, 6.45) is 4.11. The number of hydrogen-bond acceptors (Lipinski definition) is 4. The zero-order chi connectivity index (χ0) is 14.0. The van der Waals surface area contributed by atoms with Crippen LogP contribution in [0.15, 0.2) is 12.5 Å². The van der Waals surface area contributed by atoms with Crippen molar-refractivity contribution in [1.29, 1.82) is 0 Å². The van der Waals surface area contributed by atoms with Crippen molar-refractivity contribution in [3.8, 4) is 0 Å². The lowest BCUT2D eigenvalue weighted by atomic mass is 10.0. The Morgan fingerprint density at radius 2 is 2.32 bits per heavy atom. The molecule has 2 N–H and O–H groups in total. The van der Waals surface area contributed by atoms with E-state index >= 15 is 0 Å². The van der Waals surface area contributed by atoms with E-state index in [0.29, 0.717) is 18.0 Å². The molecule has 1 aromatic rings. The average molecular weight is 262 g/mol. The predicted octanol–water partition coefficient (Wildman–Crippen LogP) is 1.41. The largest absolute Gasteiger partial charge is 0.335 e. The van der Waals surface area contributed by atoms with Gasteiger partial charge >= 0.3 is 0 Å². The van der Waals surface area contributed by atoms with Gasteiger partial charge in [0.05, 0.1) is 11.3 Å². The third-order valence-electron chi connectivity index (χ3n) is 3.78. The second kappa shape index (κ2) is 5.65. The zero-order valence-electron chi connectivity index (χ0n) is 11.8. The highest BCUT2D eigenvalue weighted by Crippen LogP contribution is 2.26. The van der Waals surface area contributed by atoms with E-state index < -0.39 is 0 Å². The summed E-state index contributed by atoms with van der Waals surface area (Å²) in [5.74, 6) is 0.656. The quantitative estimate of drug-likeness (QED) is 0.894. The molecule has 2 rings (SSSR count). The first-order valence-corrected chi connectivity index (χ1v) is 6.85. The van der Waals surface area contributed by atoms with Crippen LogP contribution in [-0.2, 0) is 0 Å². The monoisotopic (exact) mass is 262 g/mol. The number of carbonyl (C=O) groups is 1. The van der Waals surface area contributed by atoms with Gasteiger partial charge in [0.1, 0.15) is 6.33 Å². The molecule has 1 saturated heterocycles. The summed E-state index contributed by atoms with van der Waals surface area (Å²) in [5.41, 5.74) is 7.16. The highest BCUT2D eigenvalue weighted by atomic mass is 16.2. The Labute approximate surface area is 114 Å². The van der Waals surface area contributed by atoms with Crippen LogP contribution in [-0.4, -0.2) is 39.9 Å². The second-order valence-electron chi connectivity index (χ2n) is 5.62. The maximum Gasteiger partial charge on any atom is 0.257 e. The van der Waals surface area contributed by atoms with Gasteiger partial charge in [-0.05, 0) is 31.7 Å². The summed E-state index contributed by atoms with van der Waals surface area (Å²) in [7, 11) is 0. The molecule has 5 nitrogen and oxygen atoms in total. The Kier molecular flexibility index (Phi) is 4.14. The van der Waals surface area contributed by atoms with Gasteiger partial charge in [0.25, 0.3) is 5.91 Å². The van der Waals surface area contributed by atoms with E-state index in [1.54, 1.807) is 6.20 Å². The summed E-state index contributed by atoms with van der Waals surface area (Å²) >= 11 is 0. The molecule has 1 amide bonds. The van der Waals surface area contributed by atoms with Crippen LogP contribution in [0.2, 0.25) is 0 Å². The van der Waals surface area contributed by atoms with Gasteiger partial charge in [-0.15, -0.1) is 0 Å². The SMILES string of the molecule is CC(C)c1ncncc1C(=O)N1CC(CN)CC1C. The molecule has 0 radical (unpaired) electrons. The van der Waals surface area contributed by atoms with Gasteiger partial charge in [-0.2, -0.15) is 0 Å². The van der Waals surface area contributed by atoms with Gasteiger partial charge in [0, 0.05) is 18.8 Å². The molecule has 0 saturated carbocycles. The van der Waals surface area contributed by atoms with Crippen LogP contribution in [0.4, 0.5) is 0 Å². The molecule has 1 aliphatic rings. The zero-order valence-corrected chi connectivity index (χ0v) is 11.8. The maximum atomic E-state index is 12.6. The highest BCUT2D eigenvalue weighted by molar-refractivity contribution is 5.95. The Morgan fingerprint density at radius 3 is 2.89 bits per heavy atom. The molecular formula is C14H22N4O. The molecule has 2 unspecified atom stereocenters. The molecule has 2 atom stereocenters. The first-order valence-electron chi connectivity index (χ1n) is 6.85. The first kappa shape index (κ1) is 13.9. The van der Waals surface area contributed by atoms with E-state index in [4.69, 9.17) is 5.73 Å². The summed E-state index contributed by atoms with van der Waals surface area (Å²) in [6.45, 7) is 7.52. The van der Waals surface area contributed by atoms with Crippen molar-refractivity contribution in [2.75, 3.05) is 13.1 Å². The molecule has 104 valence electrons. The van der Waals surface area contributed by atoms with Gasteiger partial charge < -0.3 is 10.6 Å². The van der Waals surface area contributed by atoms with Crippen molar-refractivity contribution in [1.82, 2.24) is 14.9 Å². The molecule has 2 heterocycles. The molecule has 19 heavy (non-hydrogen) atoms. The van der Waals surface area contributed by atoms with Crippen molar-refractivity contribution in [3.05, 3.63) is 23.8 Å². The van der Waals surface area contributed by atoms with Crippen LogP contribution >= 0.6 is 0 Å². The van der Waals surface area contributed by atoms with Crippen molar-refractivity contribution in [2.45, 2.75) is 39.2 Å². The lowest BCUT2D eigenvalue weighted by molar-refractivity contribution is 0.0741. The normalized spacial score (nSPS) is 23.1. The van der Waals surface area contributed by atoms with Crippen molar-refractivity contribution in [3.63, 3.8) is 0 Å².